The second-order valence-electron chi connectivity index (χ2n) is 5.76. The lowest BCUT2D eigenvalue weighted by atomic mass is 10.1. The van der Waals surface area contributed by atoms with Crippen LogP contribution in [0.15, 0.2) is 46.2 Å². The zero-order chi connectivity index (χ0) is 17.8. The van der Waals surface area contributed by atoms with Crippen LogP contribution in [0, 0.1) is 13.8 Å². The highest BCUT2D eigenvalue weighted by Crippen LogP contribution is 2.21. The Morgan fingerprint density at radius 1 is 1.36 bits per heavy atom. The minimum Gasteiger partial charge on any atom is -0.467 e. The van der Waals surface area contributed by atoms with E-state index in [1.165, 1.54) is 17.3 Å². The van der Waals surface area contributed by atoms with Crippen LogP contribution in [0.2, 0.25) is 0 Å². The summed E-state index contributed by atoms with van der Waals surface area (Å²) in [5.41, 5.74) is 3.15. The Bertz CT molecular complexity index is 860. The molecule has 8 heteroatoms. The normalized spacial score (nSPS) is 12.1. The molecule has 0 aliphatic rings. The number of furan rings is 1. The van der Waals surface area contributed by atoms with Crippen LogP contribution >= 0.6 is 11.8 Å². The van der Waals surface area contributed by atoms with Gasteiger partial charge in [0.2, 0.25) is 11.1 Å². The van der Waals surface area contributed by atoms with Crippen LogP contribution in [0.25, 0.3) is 5.69 Å². The van der Waals surface area contributed by atoms with E-state index in [4.69, 9.17) is 4.42 Å². The van der Waals surface area contributed by atoms with Crippen molar-refractivity contribution in [3.63, 3.8) is 0 Å². The summed E-state index contributed by atoms with van der Waals surface area (Å²) in [7, 11) is 0. The van der Waals surface area contributed by atoms with Gasteiger partial charge in [-0.1, -0.05) is 29.5 Å². The number of amides is 1. The van der Waals surface area contributed by atoms with Gasteiger partial charge in [-0.25, -0.2) is 0 Å². The Hall–Kier alpha value is -2.61. The third kappa shape index (κ3) is 4.08. The molecule has 0 fully saturated rings. The monoisotopic (exact) mass is 357 g/mol. The van der Waals surface area contributed by atoms with Gasteiger partial charge in [0.05, 0.1) is 23.7 Å². The number of rotatable bonds is 6. The van der Waals surface area contributed by atoms with Crippen molar-refractivity contribution < 1.29 is 9.21 Å². The molecule has 1 N–H and O–H groups in total. The van der Waals surface area contributed by atoms with Crippen molar-refractivity contribution >= 4 is 17.7 Å². The summed E-state index contributed by atoms with van der Waals surface area (Å²) >= 11 is 1.29. The van der Waals surface area contributed by atoms with Gasteiger partial charge in [0.1, 0.15) is 5.76 Å². The first-order chi connectivity index (χ1) is 12.0. The second kappa shape index (κ2) is 7.52. The number of thioether (sulfide) groups is 1. The molecule has 0 saturated carbocycles. The van der Waals surface area contributed by atoms with Gasteiger partial charge in [-0.3, -0.25) is 4.79 Å². The maximum atomic E-state index is 12.2. The third-order valence-corrected chi connectivity index (χ3v) is 4.62. The summed E-state index contributed by atoms with van der Waals surface area (Å²) in [6.07, 6.45) is 1.59. The van der Waals surface area contributed by atoms with E-state index >= 15 is 0 Å². The van der Waals surface area contributed by atoms with Crippen molar-refractivity contribution in [3.8, 4) is 5.69 Å². The number of hydrogen-bond acceptors (Lipinski definition) is 6. The van der Waals surface area contributed by atoms with E-state index in [9.17, 15) is 4.79 Å². The summed E-state index contributed by atoms with van der Waals surface area (Å²) in [6.45, 7) is 5.92. The van der Waals surface area contributed by atoms with Crippen LogP contribution in [0.4, 0.5) is 0 Å². The fraction of sp³-hybridized carbons (Fsp3) is 0.294. The van der Waals surface area contributed by atoms with Crippen LogP contribution in [-0.2, 0) is 4.79 Å². The average molecular weight is 357 g/mol. The second-order valence-corrected chi connectivity index (χ2v) is 6.70. The summed E-state index contributed by atoms with van der Waals surface area (Å²) < 4.78 is 6.94. The van der Waals surface area contributed by atoms with Crippen molar-refractivity contribution in [2.75, 3.05) is 5.75 Å². The van der Waals surface area contributed by atoms with E-state index in [1.807, 2.05) is 39.0 Å². The summed E-state index contributed by atoms with van der Waals surface area (Å²) in [5.74, 6) is 0.832. The van der Waals surface area contributed by atoms with E-state index in [2.05, 4.69) is 26.9 Å². The van der Waals surface area contributed by atoms with Gasteiger partial charge in [-0.05, 0) is 55.0 Å². The summed E-state index contributed by atoms with van der Waals surface area (Å²) in [4.78, 5) is 12.2. The molecule has 0 spiro atoms. The molecule has 2 heterocycles. The Morgan fingerprint density at radius 3 is 2.92 bits per heavy atom. The molecule has 25 heavy (non-hydrogen) atoms. The SMILES string of the molecule is Cc1ccc(-n2nnnc2SCC(=O)NC(C)c2ccco2)c(C)c1. The van der Waals surface area contributed by atoms with E-state index in [-0.39, 0.29) is 17.7 Å². The lowest BCUT2D eigenvalue weighted by molar-refractivity contribution is -0.119. The summed E-state index contributed by atoms with van der Waals surface area (Å²) in [5, 5.41) is 15.3. The molecule has 3 aromatic rings. The van der Waals surface area contributed by atoms with Crippen molar-refractivity contribution in [1.29, 1.82) is 0 Å². The van der Waals surface area contributed by atoms with Crippen LogP contribution in [0.1, 0.15) is 29.9 Å². The molecule has 0 aliphatic heterocycles. The number of tetrazole rings is 1. The number of benzene rings is 1. The lowest BCUT2D eigenvalue weighted by Gasteiger charge is -2.11. The number of nitrogens with zero attached hydrogens (tertiary/aromatic N) is 4. The predicted molar refractivity (Wildman–Crippen MR) is 94.6 cm³/mol. The number of aryl methyl sites for hydroxylation is 2. The van der Waals surface area contributed by atoms with Crippen molar-refractivity contribution in [3.05, 3.63) is 53.5 Å². The fourth-order valence-electron chi connectivity index (χ4n) is 2.49. The van der Waals surface area contributed by atoms with Crippen LogP contribution in [-0.4, -0.2) is 31.9 Å². The molecule has 3 rings (SSSR count). The molecule has 2 aromatic heterocycles. The van der Waals surface area contributed by atoms with Crippen LogP contribution in [0.3, 0.4) is 0 Å². The smallest absolute Gasteiger partial charge is 0.231 e. The lowest BCUT2D eigenvalue weighted by Crippen LogP contribution is -2.28. The molecular formula is C17H19N5O2S. The molecule has 7 nitrogen and oxygen atoms in total. The maximum Gasteiger partial charge on any atom is 0.231 e. The Morgan fingerprint density at radius 2 is 2.20 bits per heavy atom. The van der Waals surface area contributed by atoms with E-state index in [0.29, 0.717) is 5.16 Å². The number of carbonyl (C=O) groups excluding carboxylic acids is 1. The van der Waals surface area contributed by atoms with Gasteiger partial charge >= 0.3 is 0 Å². The van der Waals surface area contributed by atoms with Gasteiger partial charge in [0.15, 0.2) is 0 Å². The molecule has 0 saturated heterocycles. The van der Waals surface area contributed by atoms with Crippen molar-refractivity contribution in [1.82, 2.24) is 25.5 Å². The van der Waals surface area contributed by atoms with E-state index < -0.39 is 0 Å². The first-order valence-electron chi connectivity index (χ1n) is 7.86. The fourth-order valence-corrected chi connectivity index (χ4v) is 3.18. The van der Waals surface area contributed by atoms with E-state index in [0.717, 1.165) is 17.0 Å². The molecule has 0 radical (unpaired) electrons. The van der Waals surface area contributed by atoms with Gasteiger partial charge in [-0.15, -0.1) is 5.10 Å². The zero-order valence-electron chi connectivity index (χ0n) is 14.3. The third-order valence-electron chi connectivity index (χ3n) is 3.70. The summed E-state index contributed by atoms with van der Waals surface area (Å²) in [6, 6.07) is 9.51. The van der Waals surface area contributed by atoms with Gasteiger partial charge < -0.3 is 9.73 Å². The molecular weight excluding hydrogens is 338 g/mol. The highest BCUT2D eigenvalue weighted by Gasteiger charge is 2.15. The average Bonchev–Trinajstić information content (AvgIpc) is 3.25. The van der Waals surface area contributed by atoms with Gasteiger partial charge in [-0.2, -0.15) is 4.68 Å². The Labute approximate surface area is 149 Å². The molecule has 1 aromatic carbocycles. The van der Waals surface area contributed by atoms with Gasteiger partial charge in [0, 0.05) is 0 Å². The van der Waals surface area contributed by atoms with Crippen molar-refractivity contribution in [2.45, 2.75) is 32.0 Å². The Balaban J connectivity index is 1.64. The van der Waals surface area contributed by atoms with E-state index in [1.54, 1.807) is 17.0 Å². The predicted octanol–water partition coefficient (Wildman–Crippen LogP) is 2.84. The number of hydrogen-bond donors (Lipinski definition) is 1. The standard InChI is InChI=1S/C17H19N5O2S/c1-11-6-7-14(12(2)9-11)22-17(19-20-21-22)25-10-16(23)18-13(3)15-5-4-8-24-15/h4-9,13H,10H2,1-3H3,(H,18,23). The van der Waals surface area contributed by atoms with Crippen LogP contribution in [0.5, 0.6) is 0 Å². The molecule has 1 atom stereocenters. The number of nitrogens with one attached hydrogen (secondary N) is 1. The molecule has 1 unspecified atom stereocenters. The first-order valence-corrected chi connectivity index (χ1v) is 8.84. The molecule has 0 aliphatic carbocycles. The molecule has 1 amide bonds. The quantitative estimate of drug-likeness (QED) is 0.683. The molecule has 0 bridgehead atoms. The minimum absolute atomic E-state index is 0.107. The maximum absolute atomic E-state index is 12.2. The Kier molecular flexibility index (Phi) is 5.18. The topological polar surface area (TPSA) is 85.8 Å². The highest BCUT2D eigenvalue weighted by molar-refractivity contribution is 7.99. The molecule has 130 valence electrons. The largest absolute Gasteiger partial charge is 0.467 e. The van der Waals surface area contributed by atoms with Gasteiger partial charge in [0.25, 0.3) is 0 Å². The van der Waals surface area contributed by atoms with Crippen LogP contribution < -0.4 is 5.32 Å². The first kappa shape index (κ1) is 17.2. The minimum atomic E-state index is -0.182. The van der Waals surface area contributed by atoms with Crippen molar-refractivity contribution in [2.24, 2.45) is 0 Å². The highest BCUT2D eigenvalue weighted by atomic mass is 32.2. The zero-order valence-corrected chi connectivity index (χ0v) is 15.1. The number of carbonyl (C=O) groups is 1. The number of aromatic nitrogens is 4.